The molecule has 0 rings (SSSR count). The number of thioether (sulfide) groups is 1. The van der Waals surface area contributed by atoms with E-state index in [1.54, 1.807) is 0 Å². The molecule has 1 unspecified atom stereocenters. The van der Waals surface area contributed by atoms with E-state index in [0.717, 1.165) is 5.25 Å². The molecule has 10 heavy (non-hydrogen) atoms. The summed E-state index contributed by atoms with van der Waals surface area (Å²) in [5.74, 6) is 2.31. The summed E-state index contributed by atoms with van der Waals surface area (Å²) < 4.78 is 0. The molecule has 61 valence electrons. The Morgan fingerprint density at radius 1 is 1.40 bits per heavy atom. The molecule has 0 aliphatic rings. The number of unbranched alkanes of at least 4 members (excludes halogenated alkanes) is 1. The van der Waals surface area contributed by atoms with Crippen LogP contribution in [0.1, 0.15) is 46.5 Å². The summed E-state index contributed by atoms with van der Waals surface area (Å²) >= 11 is 1.99. The summed E-state index contributed by atoms with van der Waals surface area (Å²) in [5, 5.41) is 0.833. The van der Waals surface area contributed by atoms with Crippen molar-refractivity contribution in [2.75, 3.05) is 0 Å². The van der Waals surface area contributed by atoms with Gasteiger partial charge in [0.2, 0.25) is 0 Å². The lowest BCUT2D eigenvalue weighted by Crippen LogP contribution is -1.94. The zero-order valence-electron chi connectivity index (χ0n) is 7.39. The van der Waals surface area contributed by atoms with Gasteiger partial charge in [0.25, 0.3) is 0 Å². The maximum Gasteiger partial charge on any atom is 0.0166 e. The Kier molecular flexibility index (Phi) is 7.72. The fraction of sp³-hybridized carbons (Fsp3) is 0.889. The molecule has 0 fully saturated rings. The minimum absolute atomic E-state index is 0.833. The fourth-order valence-electron chi connectivity index (χ4n) is 0.820. The third-order valence-corrected chi connectivity index (χ3v) is 2.69. The van der Waals surface area contributed by atoms with Crippen LogP contribution in [0.3, 0.4) is 0 Å². The van der Waals surface area contributed by atoms with Gasteiger partial charge in [-0.05, 0) is 12.8 Å². The summed E-state index contributed by atoms with van der Waals surface area (Å²) in [7, 11) is 0. The van der Waals surface area contributed by atoms with Gasteiger partial charge in [0.05, 0.1) is 0 Å². The van der Waals surface area contributed by atoms with Gasteiger partial charge in [0, 0.05) is 11.0 Å². The quantitative estimate of drug-likeness (QED) is 0.567. The van der Waals surface area contributed by atoms with Gasteiger partial charge in [-0.25, -0.2) is 0 Å². The Bertz CT molecular complexity index is 53.7. The minimum Gasteiger partial charge on any atom is -0.154 e. The summed E-state index contributed by atoms with van der Waals surface area (Å²) in [6.07, 6.45) is 5.28. The second kappa shape index (κ2) is 7.46. The van der Waals surface area contributed by atoms with Gasteiger partial charge in [0.1, 0.15) is 0 Å². The highest BCUT2D eigenvalue weighted by molar-refractivity contribution is 8.01. The van der Waals surface area contributed by atoms with Crippen LogP contribution < -0.4 is 0 Å². The highest BCUT2D eigenvalue weighted by Crippen LogP contribution is 2.20. The molecule has 0 aromatic heterocycles. The first kappa shape index (κ1) is 10.3. The standard InChI is InChI=1S/C9H19S/c1-4-6-7-9(3)10-8-5-2/h8-9H,4-7H2,1-3H3. The van der Waals surface area contributed by atoms with Gasteiger partial charge < -0.3 is 0 Å². The van der Waals surface area contributed by atoms with Crippen LogP contribution >= 0.6 is 11.8 Å². The summed E-state index contributed by atoms with van der Waals surface area (Å²) in [6.45, 7) is 6.76. The molecule has 0 aliphatic carbocycles. The van der Waals surface area contributed by atoms with Crippen LogP contribution in [-0.4, -0.2) is 5.25 Å². The summed E-state index contributed by atoms with van der Waals surface area (Å²) in [4.78, 5) is 0. The maximum atomic E-state index is 2.31. The van der Waals surface area contributed by atoms with Crippen molar-refractivity contribution < 1.29 is 0 Å². The molecule has 0 N–H and O–H groups in total. The van der Waals surface area contributed by atoms with E-state index in [2.05, 4.69) is 26.5 Å². The molecule has 0 spiro atoms. The van der Waals surface area contributed by atoms with Crippen molar-refractivity contribution in [2.45, 2.75) is 51.7 Å². The van der Waals surface area contributed by atoms with Gasteiger partial charge in [-0.3, -0.25) is 0 Å². The molecule has 0 aromatic rings. The van der Waals surface area contributed by atoms with E-state index in [1.807, 2.05) is 11.8 Å². The third kappa shape index (κ3) is 6.47. The summed E-state index contributed by atoms with van der Waals surface area (Å²) in [6, 6.07) is 0. The predicted molar refractivity (Wildman–Crippen MR) is 51.2 cm³/mol. The third-order valence-electron chi connectivity index (χ3n) is 1.46. The van der Waals surface area contributed by atoms with E-state index >= 15 is 0 Å². The van der Waals surface area contributed by atoms with Gasteiger partial charge >= 0.3 is 0 Å². The first-order valence-electron chi connectivity index (χ1n) is 4.28. The van der Waals surface area contributed by atoms with Crippen molar-refractivity contribution in [3.63, 3.8) is 0 Å². The fourth-order valence-corrected chi connectivity index (χ4v) is 1.64. The molecule has 1 radical (unpaired) electrons. The monoisotopic (exact) mass is 159 g/mol. The Hall–Kier alpha value is 0.350. The first-order chi connectivity index (χ1) is 4.81. The highest BCUT2D eigenvalue weighted by Gasteiger charge is 1.99. The van der Waals surface area contributed by atoms with E-state index < -0.39 is 0 Å². The average Bonchev–Trinajstić information content (AvgIpc) is 1.97. The Morgan fingerprint density at radius 3 is 2.60 bits per heavy atom. The van der Waals surface area contributed by atoms with E-state index in [4.69, 9.17) is 0 Å². The van der Waals surface area contributed by atoms with Crippen LogP contribution in [0.25, 0.3) is 0 Å². The molecule has 0 bridgehead atoms. The van der Waals surface area contributed by atoms with Crippen molar-refractivity contribution in [1.82, 2.24) is 0 Å². The topological polar surface area (TPSA) is 0 Å². The average molecular weight is 159 g/mol. The largest absolute Gasteiger partial charge is 0.154 e. The molecule has 1 atom stereocenters. The highest BCUT2D eigenvalue weighted by atomic mass is 32.2. The molecular formula is C9H19S. The van der Waals surface area contributed by atoms with Crippen molar-refractivity contribution in [1.29, 1.82) is 0 Å². The lowest BCUT2D eigenvalue weighted by atomic mass is 10.2. The molecule has 0 amide bonds. The normalized spacial score (nSPS) is 13.5. The van der Waals surface area contributed by atoms with Gasteiger partial charge in [-0.15, -0.1) is 0 Å². The van der Waals surface area contributed by atoms with Gasteiger partial charge in [-0.1, -0.05) is 33.6 Å². The molecule has 1 heteroatoms. The second-order valence-electron chi connectivity index (χ2n) is 2.66. The van der Waals surface area contributed by atoms with Gasteiger partial charge in [0.15, 0.2) is 0 Å². The molecule has 0 aliphatic heterocycles. The number of hydrogen-bond donors (Lipinski definition) is 0. The Balaban J connectivity index is 3.00. The van der Waals surface area contributed by atoms with Gasteiger partial charge in [-0.2, -0.15) is 11.8 Å². The van der Waals surface area contributed by atoms with Crippen molar-refractivity contribution >= 4 is 11.8 Å². The molecule has 0 nitrogen and oxygen atoms in total. The zero-order valence-corrected chi connectivity index (χ0v) is 8.21. The van der Waals surface area contributed by atoms with Crippen molar-refractivity contribution in [2.24, 2.45) is 0 Å². The van der Waals surface area contributed by atoms with Crippen molar-refractivity contribution in [3.05, 3.63) is 5.75 Å². The van der Waals surface area contributed by atoms with E-state index in [1.165, 1.54) is 25.7 Å². The number of hydrogen-bond acceptors (Lipinski definition) is 1. The van der Waals surface area contributed by atoms with Crippen LogP contribution in [-0.2, 0) is 0 Å². The molecule has 0 heterocycles. The van der Waals surface area contributed by atoms with Crippen molar-refractivity contribution in [3.8, 4) is 0 Å². The smallest absolute Gasteiger partial charge is 0.0166 e. The minimum atomic E-state index is 0.833. The molecular weight excluding hydrogens is 140 g/mol. The van der Waals surface area contributed by atoms with E-state index in [-0.39, 0.29) is 0 Å². The number of rotatable bonds is 6. The summed E-state index contributed by atoms with van der Waals surface area (Å²) in [5.41, 5.74) is 0. The van der Waals surface area contributed by atoms with Crippen LogP contribution in [0.15, 0.2) is 0 Å². The molecule has 0 saturated carbocycles. The molecule has 0 aromatic carbocycles. The van der Waals surface area contributed by atoms with Crippen LogP contribution in [0, 0.1) is 5.75 Å². The van der Waals surface area contributed by atoms with E-state index in [9.17, 15) is 0 Å². The second-order valence-corrected chi connectivity index (χ2v) is 4.07. The maximum absolute atomic E-state index is 2.31. The zero-order chi connectivity index (χ0) is 7.82. The first-order valence-corrected chi connectivity index (χ1v) is 5.22. The van der Waals surface area contributed by atoms with E-state index in [0.29, 0.717) is 0 Å². The van der Waals surface area contributed by atoms with Crippen LogP contribution in [0.2, 0.25) is 0 Å². The van der Waals surface area contributed by atoms with Crippen LogP contribution in [0.5, 0.6) is 0 Å². The lowest BCUT2D eigenvalue weighted by Gasteiger charge is -2.07. The predicted octanol–water partition coefficient (Wildman–Crippen LogP) is 3.87. The molecule has 0 saturated heterocycles. The SMILES string of the molecule is CC[CH]SC(C)CCCC. The Morgan fingerprint density at radius 2 is 2.10 bits per heavy atom. The van der Waals surface area contributed by atoms with Crippen LogP contribution in [0.4, 0.5) is 0 Å². The Labute approximate surface area is 69.8 Å². The lowest BCUT2D eigenvalue weighted by molar-refractivity contribution is 0.713.